The van der Waals surface area contributed by atoms with E-state index in [1.807, 2.05) is 6.07 Å². The highest BCUT2D eigenvalue weighted by Gasteiger charge is 2.19. The SMILES string of the molecule is CCCCCCCNc1c2c(nc3cc(OC)c(O)cc13)CCCC2. The van der Waals surface area contributed by atoms with Gasteiger partial charge in [0.1, 0.15) is 0 Å². The number of aryl methyl sites for hydroxylation is 1. The second-order valence-corrected chi connectivity index (χ2v) is 7.00. The number of methoxy groups -OCH3 is 1. The van der Waals surface area contributed by atoms with Crippen molar-refractivity contribution in [3.63, 3.8) is 0 Å². The number of fused-ring (bicyclic) bond motifs is 2. The summed E-state index contributed by atoms with van der Waals surface area (Å²) in [5, 5.41) is 14.9. The first-order valence-corrected chi connectivity index (χ1v) is 9.71. The topological polar surface area (TPSA) is 54.4 Å². The van der Waals surface area contributed by atoms with E-state index in [4.69, 9.17) is 9.72 Å². The number of ether oxygens (including phenoxy) is 1. The van der Waals surface area contributed by atoms with Gasteiger partial charge in [-0.2, -0.15) is 0 Å². The third-order valence-electron chi connectivity index (χ3n) is 5.14. The molecule has 1 aromatic heterocycles. The van der Waals surface area contributed by atoms with Crippen LogP contribution in [0.4, 0.5) is 5.69 Å². The number of hydrogen-bond donors (Lipinski definition) is 2. The summed E-state index contributed by atoms with van der Waals surface area (Å²) in [6.07, 6.45) is 10.9. The van der Waals surface area contributed by atoms with Crippen LogP contribution in [0.25, 0.3) is 10.9 Å². The molecule has 2 aromatic rings. The van der Waals surface area contributed by atoms with Crippen molar-refractivity contribution in [3.8, 4) is 11.5 Å². The van der Waals surface area contributed by atoms with Gasteiger partial charge in [0.15, 0.2) is 11.5 Å². The number of phenols is 1. The molecule has 2 N–H and O–H groups in total. The molecule has 0 bridgehead atoms. The number of anilines is 1. The van der Waals surface area contributed by atoms with Crippen molar-refractivity contribution in [2.45, 2.75) is 64.7 Å². The zero-order valence-corrected chi connectivity index (χ0v) is 15.5. The summed E-state index contributed by atoms with van der Waals surface area (Å²) in [4.78, 5) is 4.86. The molecule has 0 saturated carbocycles. The number of aromatic hydroxyl groups is 1. The molecule has 136 valence electrons. The van der Waals surface area contributed by atoms with Crippen LogP contribution in [0.1, 0.15) is 63.1 Å². The second kappa shape index (κ2) is 8.41. The number of aromatic nitrogens is 1. The predicted molar refractivity (Wildman–Crippen MR) is 104 cm³/mol. The normalized spacial score (nSPS) is 13.7. The molecule has 25 heavy (non-hydrogen) atoms. The molecule has 4 nitrogen and oxygen atoms in total. The molecule has 0 aliphatic heterocycles. The Morgan fingerprint density at radius 3 is 2.72 bits per heavy atom. The highest BCUT2D eigenvalue weighted by atomic mass is 16.5. The summed E-state index contributed by atoms with van der Waals surface area (Å²) >= 11 is 0. The standard InChI is InChI=1S/C21H30N2O2/c1-3-4-5-6-9-12-22-21-15-10-7-8-11-17(15)23-18-14-20(25-2)19(24)13-16(18)21/h13-14,24H,3-12H2,1-2H3,(H,22,23). The van der Waals surface area contributed by atoms with Gasteiger partial charge in [0.2, 0.25) is 0 Å². The first-order chi connectivity index (χ1) is 12.2. The van der Waals surface area contributed by atoms with Gasteiger partial charge in [-0.1, -0.05) is 32.6 Å². The molecular formula is C21H30N2O2. The maximum atomic E-state index is 10.2. The average molecular weight is 342 g/mol. The van der Waals surface area contributed by atoms with Crippen LogP contribution in [0, 0.1) is 0 Å². The van der Waals surface area contributed by atoms with Crippen LogP contribution in [-0.2, 0) is 12.8 Å². The lowest BCUT2D eigenvalue weighted by atomic mass is 9.92. The lowest BCUT2D eigenvalue weighted by Gasteiger charge is -2.22. The van der Waals surface area contributed by atoms with Gasteiger partial charge in [-0.05, 0) is 43.7 Å². The molecular weight excluding hydrogens is 312 g/mol. The zero-order valence-electron chi connectivity index (χ0n) is 15.5. The van der Waals surface area contributed by atoms with Gasteiger partial charge in [0, 0.05) is 29.4 Å². The summed E-state index contributed by atoms with van der Waals surface area (Å²) < 4.78 is 5.26. The van der Waals surface area contributed by atoms with E-state index < -0.39 is 0 Å². The lowest BCUT2D eigenvalue weighted by molar-refractivity contribution is 0.374. The third kappa shape index (κ3) is 4.00. The summed E-state index contributed by atoms with van der Waals surface area (Å²) in [6.45, 7) is 3.22. The third-order valence-corrected chi connectivity index (χ3v) is 5.14. The Bertz CT molecular complexity index is 728. The van der Waals surface area contributed by atoms with Crippen molar-refractivity contribution in [1.82, 2.24) is 4.98 Å². The van der Waals surface area contributed by atoms with Gasteiger partial charge in [0.25, 0.3) is 0 Å². The number of nitrogens with one attached hydrogen (secondary N) is 1. The van der Waals surface area contributed by atoms with E-state index in [1.165, 1.54) is 61.9 Å². The number of rotatable bonds is 8. The highest BCUT2D eigenvalue weighted by Crippen LogP contribution is 2.38. The van der Waals surface area contributed by atoms with Crippen molar-refractivity contribution in [3.05, 3.63) is 23.4 Å². The molecule has 0 amide bonds. The zero-order chi connectivity index (χ0) is 17.6. The maximum Gasteiger partial charge on any atom is 0.162 e. The number of nitrogens with zero attached hydrogens (tertiary/aromatic N) is 1. The minimum Gasteiger partial charge on any atom is -0.504 e. The van der Waals surface area contributed by atoms with E-state index in [1.54, 1.807) is 13.2 Å². The molecule has 3 rings (SSSR count). The Labute approximate surface area is 150 Å². The second-order valence-electron chi connectivity index (χ2n) is 7.00. The molecule has 1 heterocycles. The van der Waals surface area contributed by atoms with E-state index in [-0.39, 0.29) is 5.75 Å². The summed E-state index contributed by atoms with van der Waals surface area (Å²) in [7, 11) is 1.58. The van der Waals surface area contributed by atoms with Crippen molar-refractivity contribution in [2.24, 2.45) is 0 Å². The minimum atomic E-state index is 0.179. The Hall–Kier alpha value is -1.97. The molecule has 0 unspecified atom stereocenters. The van der Waals surface area contributed by atoms with Crippen LogP contribution in [0.5, 0.6) is 11.5 Å². The van der Waals surface area contributed by atoms with Crippen molar-refractivity contribution in [1.29, 1.82) is 0 Å². The fourth-order valence-electron chi connectivity index (χ4n) is 3.75. The van der Waals surface area contributed by atoms with Crippen LogP contribution in [0.2, 0.25) is 0 Å². The van der Waals surface area contributed by atoms with Gasteiger partial charge in [-0.3, -0.25) is 4.98 Å². The van der Waals surface area contributed by atoms with E-state index in [2.05, 4.69) is 12.2 Å². The van der Waals surface area contributed by atoms with E-state index in [0.29, 0.717) is 5.75 Å². The van der Waals surface area contributed by atoms with Crippen molar-refractivity contribution < 1.29 is 9.84 Å². The van der Waals surface area contributed by atoms with Gasteiger partial charge in [-0.15, -0.1) is 0 Å². The Morgan fingerprint density at radius 2 is 1.92 bits per heavy atom. The summed E-state index contributed by atoms with van der Waals surface area (Å²) in [6, 6.07) is 3.65. The van der Waals surface area contributed by atoms with Gasteiger partial charge < -0.3 is 15.2 Å². The van der Waals surface area contributed by atoms with E-state index in [0.717, 1.165) is 30.3 Å². The van der Waals surface area contributed by atoms with E-state index in [9.17, 15) is 5.11 Å². The monoisotopic (exact) mass is 342 g/mol. The molecule has 1 aromatic carbocycles. The van der Waals surface area contributed by atoms with Crippen molar-refractivity contribution >= 4 is 16.6 Å². The summed E-state index contributed by atoms with van der Waals surface area (Å²) in [5.74, 6) is 0.667. The maximum absolute atomic E-state index is 10.2. The van der Waals surface area contributed by atoms with Crippen LogP contribution in [0.3, 0.4) is 0 Å². The van der Waals surface area contributed by atoms with E-state index >= 15 is 0 Å². The van der Waals surface area contributed by atoms with Crippen molar-refractivity contribution in [2.75, 3.05) is 19.0 Å². The van der Waals surface area contributed by atoms with Crippen LogP contribution >= 0.6 is 0 Å². The fraction of sp³-hybridized carbons (Fsp3) is 0.571. The molecule has 0 atom stereocenters. The van der Waals surface area contributed by atoms with Crippen LogP contribution < -0.4 is 10.1 Å². The molecule has 0 fully saturated rings. The first kappa shape index (κ1) is 17.8. The quantitative estimate of drug-likeness (QED) is 0.647. The Balaban J connectivity index is 1.89. The Kier molecular flexibility index (Phi) is 6.00. The Morgan fingerprint density at radius 1 is 1.12 bits per heavy atom. The molecule has 0 spiro atoms. The van der Waals surface area contributed by atoms with Gasteiger partial charge >= 0.3 is 0 Å². The minimum absolute atomic E-state index is 0.179. The molecule has 0 radical (unpaired) electrons. The largest absolute Gasteiger partial charge is 0.504 e. The molecule has 1 aliphatic carbocycles. The summed E-state index contributed by atoms with van der Waals surface area (Å²) in [5.41, 5.74) is 4.63. The molecule has 4 heteroatoms. The van der Waals surface area contributed by atoms with Crippen LogP contribution in [-0.4, -0.2) is 23.7 Å². The number of phenolic OH excluding ortho intramolecular Hbond substituents is 1. The van der Waals surface area contributed by atoms with Crippen LogP contribution in [0.15, 0.2) is 12.1 Å². The number of unbranched alkanes of at least 4 members (excludes halogenated alkanes) is 4. The fourth-order valence-corrected chi connectivity index (χ4v) is 3.75. The number of hydrogen-bond acceptors (Lipinski definition) is 4. The first-order valence-electron chi connectivity index (χ1n) is 9.71. The smallest absolute Gasteiger partial charge is 0.162 e. The lowest BCUT2D eigenvalue weighted by Crippen LogP contribution is -2.12. The van der Waals surface area contributed by atoms with Gasteiger partial charge in [-0.25, -0.2) is 0 Å². The number of pyridine rings is 1. The number of benzene rings is 1. The molecule has 0 saturated heterocycles. The molecule has 1 aliphatic rings. The van der Waals surface area contributed by atoms with Gasteiger partial charge in [0.05, 0.1) is 12.6 Å². The highest BCUT2D eigenvalue weighted by molar-refractivity contribution is 5.95. The average Bonchev–Trinajstić information content (AvgIpc) is 2.63. The predicted octanol–water partition coefficient (Wildman–Crippen LogP) is 5.21.